The topological polar surface area (TPSA) is 81.7 Å². The van der Waals surface area contributed by atoms with Gasteiger partial charge in [-0.3, -0.25) is 4.79 Å². The summed E-state index contributed by atoms with van der Waals surface area (Å²) in [4.78, 5) is 25.2. The first-order chi connectivity index (χ1) is 13.0. The SMILES string of the molecule is CC(=O)N1CC[N+]([O-])(C2CCC(NC(=O)OCc3ccccc3)CC2)CC1. The van der Waals surface area contributed by atoms with Crippen molar-refractivity contribution in [1.82, 2.24) is 10.2 Å². The molecule has 1 saturated carbocycles. The van der Waals surface area contributed by atoms with Gasteiger partial charge in [0.05, 0.1) is 32.2 Å². The lowest BCUT2D eigenvalue weighted by molar-refractivity contribution is -0.910. The van der Waals surface area contributed by atoms with Gasteiger partial charge in [-0.1, -0.05) is 30.3 Å². The van der Waals surface area contributed by atoms with E-state index in [0.717, 1.165) is 31.2 Å². The Kier molecular flexibility index (Phi) is 6.34. The molecule has 1 saturated heterocycles. The lowest BCUT2D eigenvalue weighted by Gasteiger charge is -2.54. The fourth-order valence-corrected chi connectivity index (χ4v) is 4.11. The van der Waals surface area contributed by atoms with Crippen LogP contribution in [-0.2, 0) is 16.1 Å². The minimum absolute atomic E-state index is 0.0446. The summed E-state index contributed by atoms with van der Waals surface area (Å²) in [7, 11) is 0. The molecule has 1 aliphatic carbocycles. The van der Waals surface area contributed by atoms with E-state index in [4.69, 9.17) is 4.74 Å². The Bertz CT molecular complexity index is 636. The van der Waals surface area contributed by atoms with Gasteiger partial charge in [0, 0.05) is 25.8 Å². The van der Waals surface area contributed by atoms with Crippen LogP contribution in [0, 0.1) is 5.21 Å². The second-order valence-electron chi connectivity index (χ2n) is 7.62. The van der Waals surface area contributed by atoms with Crippen LogP contribution in [0.3, 0.4) is 0 Å². The number of amides is 2. The number of benzene rings is 1. The zero-order valence-electron chi connectivity index (χ0n) is 15.9. The molecule has 7 heteroatoms. The van der Waals surface area contributed by atoms with Crippen LogP contribution in [0.15, 0.2) is 30.3 Å². The molecule has 7 nitrogen and oxygen atoms in total. The number of carbonyl (C=O) groups is 2. The molecule has 2 amide bonds. The molecule has 2 aliphatic rings. The number of piperazine rings is 1. The summed E-state index contributed by atoms with van der Waals surface area (Å²) in [5.41, 5.74) is 0.957. The second-order valence-corrected chi connectivity index (χ2v) is 7.62. The van der Waals surface area contributed by atoms with Gasteiger partial charge < -0.3 is 24.8 Å². The Morgan fingerprint density at radius 3 is 2.37 bits per heavy atom. The Balaban J connectivity index is 1.40. The summed E-state index contributed by atoms with van der Waals surface area (Å²) < 4.78 is 5.08. The number of alkyl carbamates (subject to hydrolysis) is 1. The van der Waals surface area contributed by atoms with E-state index in [1.807, 2.05) is 30.3 Å². The van der Waals surface area contributed by atoms with Crippen LogP contribution in [0.5, 0.6) is 0 Å². The summed E-state index contributed by atoms with van der Waals surface area (Å²) in [6.07, 6.45) is 2.79. The van der Waals surface area contributed by atoms with Crippen LogP contribution in [0.1, 0.15) is 38.2 Å². The van der Waals surface area contributed by atoms with E-state index >= 15 is 0 Å². The highest BCUT2D eigenvalue weighted by atomic mass is 16.6. The predicted molar refractivity (Wildman–Crippen MR) is 101 cm³/mol. The third-order valence-corrected chi connectivity index (χ3v) is 5.84. The molecule has 0 bridgehead atoms. The molecule has 1 aromatic rings. The van der Waals surface area contributed by atoms with Crippen molar-refractivity contribution in [3.63, 3.8) is 0 Å². The highest BCUT2D eigenvalue weighted by molar-refractivity contribution is 5.73. The smallest absolute Gasteiger partial charge is 0.407 e. The molecule has 1 N–H and O–H groups in total. The van der Waals surface area contributed by atoms with Crippen molar-refractivity contribution in [2.45, 2.75) is 51.3 Å². The lowest BCUT2D eigenvalue weighted by Crippen LogP contribution is -2.62. The summed E-state index contributed by atoms with van der Waals surface area (Å²) in [5, 5.41) is 16.0. The summed E-state index contributed by atoms with van der Waals surface area (Å²) in [5.74, 6) is 0.0446. The zero-order valence-corrected chi connectivity index (χ0v) is 15.9. The van der Waals surface area contributed by atoms with Gasteiger partial charge in [-0.25, -0.2) is 4.79 Å². The van der Waals surface area contributed by atoms with Gasteiger partial charge >= 0.3 is 6.09 Å². The van der Waals surface area contributed by atoms with Gasteiger partial charge in [0.15, 0.2) is 0 Å². The molecule has 27 heavy (non-hydrogen) atoms. The van der Waals surface area contributed by atoms with E-state index in [2.05, 4.69) is 5.32 Å². The van der Waals surface area contributed by atoms with E-state index in [0.29, 0.717) is 26.2 Å². The van der Waals surface area contributed by atoms with E-state index < -0.39 is 6.09 Å². The van der Waals surface area contributed by atoms with Crippen LogP contribution < -0.4 is 5.32 Å². The van der Waals surface area contributed by atoms with Gasteiger partial charge in [0.25, 0.3) is 0 Å². The summed E-state index contributed by atoms with van der Waals surface area (Å²) in [6.45, 7) is 3.85. The highest BCUT2D eigenvalue weighted by Gasteiger charge is 2.36. The van der Waals surface area contributed by atoms with E-state index in [1.165, 1.54) is 0 Å². The third kappa shape index (κ3) is 5.20. The normalized spacial score (nSPS) is 24.9. The molecule has 1 aromatic carbocycles. The van der Waals surface area contributed by atoms with E-state index in [9.17, 15) is 14.8 Å². The molecular weight excluding hydrogens is 346 g/mol. The van der Waals surface area contributed by atoms with Crippen molar-refractivity contribution in [3.8, 4) is 0 Å². The maximum Gasteiger partial charge on any atom is 0.407 e. The first-order valence-electron chi connectivity index (χ1n) is 9.77. The van der Waals surface area contributed by atoms with Gasteiger partial charge in [0.1, 0.15) is 6.61 Å². The maximum atomic E-state index is 13.1. The van der Waals surface area contributed by atoms with Crippen molar-refractivity contribution >= 4 is 12.0 Å². The number of carbonyl (C=O) groups excluding carboxylic acids is 2. The van der Waals surface area contributed by atoms with Crippen LogP contribution in [0.25, 0.3) is 0 Å². The van der Waals surface area contributed by atoms with Crippen molar-refractivity contribution in [1.29, 1.82) is 0 Å². The molecule has 1 aliphatic heterocycles. The Morgan fingerprint density at radius 2 is 1.78 bits per heavy atom. The minimum Gasteiger partial charge on any atom is -0.632 e. The highest BCUT2D eigenvalue weighted by Crippen LogP contribution is 2.29. The number of hydroxylamine groups is 3. The average molecular weight is 375 g/mol. The zero-order chi connectivity index (χ0) is 19.3. The summed E-state index contributed by atoms with van der Waals surface area (Å²) >= 11 is 0. The van der Waals surface area contributed by atoms with Crippen molar-refractivity contribution in [3.05, 3.63) is 41.1 Å². The van der Waals surface area contributed by atoms with Gasteiger partial charge in [-0.15, -0.1) is 0 Å². The summed E-state index contributed by atoms with van der Waals surface area (Å²) in [6, 6.07) is 9.72. The quantitative estimate of drug-likeness (QED) is 0.647. The molecule has 2 fully saturated rings. The number of rotatable bonds is 4. The van der Waals surface area contributed by atoms with Crippen LogP contribution in [-0.4, -0.2) is 59.8 Å². The largest absolute Gasteiger partial charge is 0.632 e. The van der Waals surface area contributed by atoms with Gasteiger partial charge in [-0.05, 0) is 18.4 Å². The second kappa shape index (κ2) is 8.71. The fraction of sp³-hybridized carbons (Fsp3) is 0.600. The standard InChI is InChI=1S/C20H29N3O4/c1-16(24)22-11-13-23(26,14-12-22)19-9-7-18(8-10-19)21-20(25)27-15-17-5-3-2-4-6-17/h2-6,18-19H,7-15H2,1H3,(H,21,25). The number of quaternary nitrogens is 1. The number of ether oxygens (including phenoxy) is 1. The van der Waals surface area contributed by atoms with E-state index in [1.54, 1.807) is 11.8 Å². The van der Waals surface area contributed by atoms with Crippen molar-refractivity contribution in [2.75, 3.05) is 26.2 Å². The molecular formula is C20H29N3O4. The number of nitrogens with zero attached hydrogens (tertiary/aromatic N) is 2. The molecule has 148 valence electrons. The molecule has 0 aromatic heterocycles. The third-order valence-electron chi connectivity index (χ3n) is 5.84. The first kappa shape index (κ1) is 19.6. The molecule has 0 atom stereocenters. The molecule has 0 radical (unpaired) electrons. The number of nitrogens with one attached hydrogen (secondary N) is 1. The lowest BCUT2D eigenvalue weighted by atomic mass is 9.89. The monoisotopic (exact) mass is 375 g/mol. The molecule has 0 spiro atoms. The Labute approximate surface area is 160 Å². The van der Waals surface area contributed by atoms with Crippen molar-refractivity contribution < 1.29 is 19.0 Å². The molecule has 1 heterocycles. The molecule has 0 unspecified atom stereocenters. The van der Waals surface area contributed by atoms with Crippen molar-refractivity contribution in [2.24, 2.45) is 0 Å². The first-order valence-corrected chi connectivity index (χ1v) is 9.77. The average Bonchev–Trinajstić information content (AvgIpc) is 2.68. The number of hydrogen-bond acceptors (Lipinski definition) is 4. The number of hydrogen-bond donors (Lipinski definition) is 1. The predicted octanol–water partition coefficient (Wildman–Crippen LogP) is 2.40. The van der Waals surface area contributed by atoms with Crippen LogP contribution in [0.2, 0.25) is 0 Å². The Morgan fingerprint density at radius 1 is 1.15 bits per heavy atom. The maximum absolute atomic E-state index is 13.1. The fourth-order valence-electron chi connectivity index (χ4n) is 4.11. The van der Waals surface area contributed by atoms with Crippen LogP contribution >= 0.6 is 0 Å². The minimum atomic E-state index is -0.400. The van der Waals surface area contributed by atoms with Crippen LogP contribution in [0.4, 0.5) is 4.79 Å². The molecule has 3 rings (SSSR count). The Hall–Kier alpha value is -2.12. The van der Waals surface area contributed by atoms with Gasteiger partial charge in [-0.2, -0.15) is 0 Å². The van der Waals surface area contributed by atoms with E-state index in [-0.39, 0.29) is 29.2 Å². The van der Waals surface area contributed by atoms with Gasteiger partial charge in [0.2, 0.25) is 5.91 Å².